The second-order valence-corrected chi connectivity index (χ2v) is 2.79. The molecule has 53 valence electrons. The number of hydrogen-bond donors (Lipinski definition) is 1. The van der Waals surface area contributed by atoms with Crippen LogP contribution in [0.1, 0.15) is 12.8 Å². The molecule has 0 fully saturated rings. The second kappa shape index (κ2) is 2.54. The normalized spacial score (nSPS) is 24.8. The molecule has 0 atom stereocenters. The van der Waals surface area contributed by atoms with E-state index in [2.05, 4.69) is 16.4 Å². The molecule has 0 aromatic heterocycles. The lowest BCUT2D eigenvalue weighted by Gasteiger charge is -2.11. The van der Waals surface area contributed by atoms with Gasteiger partial charge in [0.1, 0.15) is 0 Å². The second-order valence-electron chi connectivity index (χ2n) is 2.79. The summed E-state index contributed by atoms with van der Waals surface area (Å²) in [7, 11) is 0. The van der Waals surface area contributed by atoms with Gasteiger partial charge in [0.2, 0.25) is 6.54 Å². The molecule has 0 spiro atoms. The topological polar surface area (TPSA) is 26.1 Å². The molecule has 2 nitrogen and oxygen atoms in total. The molecule has 0 unspecified atom stereocenters. The Bertz CT molecular complexity index is 169. The lowest BCUT2D eigenvalue weighted by atomic mass is 9.99. The van der Waals surface area contributed by atoms with Crippen molar-refractivity contribution in [3.8, 4) is 0 Å². The first kappa shape index (κ1) is 6.10. The van der Waals surface area contributed by atoms with Gasteiger partial charge in [-0.3, -0.25) is 0 Å². The number of rotatable bonds is 0. The Morgan fingerprint density at radius 2 is 2.50 bits per heavy atom. The van der Waals surface area contributed by atoms with Crippen molar-refractivity contribution in [2.24, 2.45) is 0 Å². The van der Waals surface area contributed by atoms with Crippen LogP contribution in [-0.2, 0) is 0 Å². The minimum Gasteiger partial charge on any atom is -0.304 e. The third-order valence-electron chi connectivity index (χ3n) is 2.06. The molecular weight excluding hydrogens is 124 g/mol. The van der Waals surface area contributed by atoms with Crippen molar-refractivity contribution in [2.45, 2.75) is 12.8 Å². The first-order valence-corrected chi connectivity index (χ1v) is 3.90. The van der Waals surface area contributed by atoms with Gasteiger partial charge in [0, 0.05) is 23.5 Å². The molecule has 0 aromatic carbocycles. The number of aliphatic imine (C=N–C) groups is 1. The van der Waals surface area contributed by atoms with Crippen molar-refractivity contribution >= 4 is 5.71 Å². The number of hydrogen-bond acceptors (Lipinski definition) is 2. The first-order chi connectivity index (χ1) is 4.97. The van der Waals surface area contributed by atoms with E-state index in [0.29, 0.717) is 0 Å². The van der Waals surface area contributed by atoms with Crippen LogP contribution in [0.2, 0.25) is 0 Å². The van der Waals surface area contributed by atoms with Gasteiger partial charge in [-0.1, -0.05) is 6.08 Å². The van der Waals surface area contributed by atoms with E-state index in [1.807, 2.05) is 0 Å². The van der Waals surface area contributed by atoms with Gasteiger partial charge < -0.3 is 5.32 Å². The lowest BCUT2D eigenvalue weighted by Crippen LogP contribution is -2.34. The minimum absolute atomic E-state index is 0.992. The summed E-state index contributed by atoms with van der Waals surface area (Å²) < 4.78 is 0. The number of fused-ring (bicyclic) bond motifs is 1. The van der Waals surface area contributed by atoms with Crippen LogP contribution in [0.4, 0.5) is 0 Å². The van der Waals surface area contributed by atoms with Gasteiger partial charge in [-0.15, -0.1) is 0 Å². The Balaban J connectivity index is 2.25. The van der Waals surface area contributed by atoms with Crippen molar-refractivity contribution < 1.29 is 0 Å². The highest BCUT2D eigenvalue weighted by Crippen LogP contribution is 2.11. The van der Waals surface area contributed by atoms with Crippen LogP contribution in [0.25, 0.3) is 0 Å². The molecule has 0 aromatic rings. The zero-order valence-electron chi connectivity index (χ0n) is 6.06. The molecule has 0 aliphatic carbocycles. The summed E-state index contributed by atoms with van der Waals surface area (Å²) in [5.41, 5.74) is 2.79. The van der Waals surface area contributed by atoms with Crippen molar-refractivity contribution in [1.29, 1.82) is 0 Å². The number of nitrogens with one attached hydrogen (secondary N) is 1. The van der Waals surface area contributed by atoms with Crippen molar-refractivity contribution in [3.05, 3.63) is 11.6 Å². The average molecular weight is 136 g/mol. The molecule has 2 aliphatic heterocycles. The Kier molecular flexibility index (Phi) is 1.55. The van der Waals surface area contributed by atoms with Gasteiger partial charge in [-0.2, -0.15) is 0 Å². The van der Waals surface area contributed by atoms with Crippen LogP contribution in [0.3, 0.4) is 0 Å². The molecule has 2 heterocycles. The summed E-state index contributed by atoms with van der Waals surface area (Å²) in [4.78, 5) is 4.44. The molecular formula is C8H12N2+. The Hall–Kier alpha value is -0.630. The molecule has 2 heteroatoms. The Morgan fingerprint density at radius 1 is 1.50 bits per heavy atom. The van der Waals surface area contributed by atoms with E-state index >= 15 is 0 Å². The third-order valence-corrected chi connectivity index (χ3v) is 2.06. The molecule has 0 amide bonds. The standard InChI is InChI=1S/C8H12N2/c1-2-7-3-5-9-6-8(7)10-4-1/h3,9H,1-2,4-6H2/q+1. The maximum absolute atomic E-state index is 4.44. The highest BCUT2D eigenvalue weighted by atomic mass is 14.9. The highest BCUT2D eigenvalue weighted by Gasteiger charge is 2.23. The monoisotopic (exact) mass is 136 g/mol. The third kappa shape index (κ3) is 0.991. The van der Waals surface area contributed by atoms with Crippen molar-refractivity contribution in [2.75, 3.05) is 19.6 Å². The molecule has 2 aliphatic rings. The number of nitrogens with zero attached hydrogens (tertiary/aromatic N) is 1. The van der Waals surface area contributed by atoms with E-state index in [9.17, 15) is 0 Å². The fraction of sp³-hybridized carbons (Fsp3) is 0.625. The summed E-state index contributed by atoms with van der Waals surface area (Å²) in [6.07, 6.45) is 4.76. The van der Waals surface area contributed by atoms with E-state index in [1.54, 1.807) is 0 Å². The molecule has 1 N–H and O–H groups in total. The van der Waals surface area contributed by atoms with E-state index in [-0.39, 0.29) is 0 Å². The van der Waals surface area contributed by atoms with Gasteiger partial charge in [0.25, 0.3) is 5.71 Å². The zero-order valence-corrected chi connectivity index (χ0v) is 6.06. The molecule has 2 rings (SSSR count). The molecule has 1 radical (unpaired) electrons. The van der Waals surface area contributed by atoms with Crippen LogP contribution < -0.4 is 10.3 Å². The predicted molar refractivity (Wildman–Crippen MR) is 42.2 cm³/mol. The van der Waals surface area contributed by atoms with Gasteiger partial charge in [0.15, 0.2) is 0 Å². The maximum Gasteiger partial charge on any atom is 0.263 e. The van der Waals surface area contributed by atoms with E-state index in [0.717, 1.165) is 19.6 Å². The fourth-order valence-electron chi connectivity index (χ4n) is 1.50. The van der Waals surface area contributed by atoms with Gasteiger partial charge in [0.05, 0.1) is 6.54 Å². The van der Waals surface area contributed by atoms with Crippen LogP contribution in [0, 0.1) is 0 Å². The highest BCUT2D eigenvalue weighted by molar-refractivity contribution is 6.01. The van der Waals surface area contributed by atoms with Gasteiger partial charge >= 0.3 is 0 Å². The Labute approximate surface area is 61.0 Å². The smallest absolute Gasteiger partial charge is 0.263 e. The molecule has 0 saturated carbocycles. The Morgan fingerprint density at radius 3 is 3.40 bits per heavy atom. The zero-order chi connectivity index (χ0) is 6.81. The van der Waals surface area contributed by atoms with Crippen LogP contribution in [0.5, 0.6) is 0 Å². The SMILES string of the molecule is C1=C2CCC[N+]=C2CNC1. The minimum atomic E-state index is 0.992. The summed E-state index contributed by atoms with van der Waals surface area (Å²) in [6, 6.07) is 0. The summed E-state index contributed by atoms with van der Waals surface area (Å²) >= 11 is 0. The van der Waals surface area contributed by atoms with Crippen LogP contribution >= 0.6 is 0 Å². The first-order valence-electron chi connectivity index (χ1n) is 3.90. The maximum atomic E-state index is 4.44. The van der Waals surface area contributed by atoms with Gasteiger partial charge in [-0.05, 0) is 6.42 Å². The summed E-state index contributed by atoms with van der Waals surface area (Å²) in [5.74, 6) is 0. The summed E-state index contributed by atoms with van der Waals surface area (Å²) in [5, 5.41) is 3.28. The van der Waals surface area contributed by atoms with E-state index in [4.69, 9.17) is 0 Å². The largest absolute Gasteiger partial charge is 0.304 e. The van der Waals surface area contributed by atoms with Crippen LogP contribution in [0.15, 0.2) is 11.6 Å². The summed E-state index contributed by atoms with van der Waals surface area (Å²) in [6.45, 7) is 3.06. The molecule has 10 heavy (non-hydrogen) atoms. The molecule has 0 bridgehead atoms. The van der Waals surface area contributed by atoms with Crippen molar-refractivity contribution in [3.63, 3.8) is 0 Å². The quantitative estimate of drug-likeness (QED) is 0.501. The fourth-order valence-corrected chi connectivity index (χ4v) is 1.50. The molecule has 0 saturated heterocycles. The predicted octanol–water partition coefficient (Wildman–Crippen LogP) is 0.0866. The van der Waals surface area contributed by atoms with Gasteiger partial charge in [-0.25, -0.2) is 0 Å². The van der Waals surface area contributed by atoms with E-state index < -0.39 is 0 Å². The van der Waals surface area contributed by atoms with E-state index in [1.165, 1.54) is 24.1 Å². The van der Waals surface area contributed by atoms with Crippen molar-refractivity contribution in [1.82, 2.24) is 10.3 Å². The lowest BCUT2D eigenvalue weighted by molar-refractivity contribution is 0.726. The van der Waals surface area contributed by atoms with Crippen LogP contribution in [-0.4, -0.2) is 25.3 Å². The average Bonchev–Trinajstić information content (AvgIpc) is 2.05.